The molecule has 1 aliphatic carbocycles. The van der Waals surface area contributed by atoms with Crippen LogP contribution in [-0.4, -0.2) is 0 Å². The van der Waals surface area contributed by atoms with Gasteiger partial charge >= 0.3 is 0 Å². The van der Waals surface area contributed by atoms with Gasteiger partial charge in [0.1, 0.15) is 0 Å². The molecule has 2 N–H and O–H groups in total. The van der Waals surface area contributed by atoms with Crippen molar-refractivity contribution in [2.24, 2.45) is 17.6 Å². The van der Waals surface area contributed by atoms with E-state index in [-0.39, 0.29) is 5.54 Å². The fraction of sp³-hybridized carbons (Fsp3) is 0.647. The average molecular weight is 245 g/mol. The molecule has 1 fully saturated rings. The van der Waals surface area contributed by atoms with E-state index in [1.54, 1.807) is 0 Å². The van der Waals surface area contributed by atoms with Crippen molar-refractivity contribution in [3.63, 3.8) is 0 Å². The predicted molar refractivity (Wildman–Crippen MR) is 78.5 cm³/mol. The van der Waals surface area contributed by atoms with Crippen LogP contribution in [-0.2, 0) is 12.0 Å². The van der Waals surface area contributed by atoms with Gasteiger partial charge < -0.3 is 5.73 Å². The summed E-state index contributed by atoms with van der Waals surface area (Å²) < 4.78 is 0. The molecule has 2 atom stereocenters. The second-order valence-corrected chi connectivity index (χ2v) is 6.46. The highest BCUT2D eigenvalue weighted by Gasteiger charge is 2.35. The number of benzene rings is 1. The predicted octanol–water partition coefficient (Wildman–Crippen LogP) is 4.25. The van der Waals surface area contributed by atoms with Crippen LogP contribution in [0.25, 0.3) is 0 Å². The highest BCUT2D eigenvalue weighted by molar-refractivity contribution is 5.29. The van der Waals surface area contributed by atoms with Crippen molar-refractivity contribution in [1.29, 1.82) is 0 Å². The van der Waals surface area contributed by atoms with Crippen LogP contribution in [0.3, 0.4) is 0 Å². The summed E-state index contributed by atoms with van der Waals surface area (Å²) in [5.74, 6) is 1.49. The van der Waals surface area contributed by atoms with E-state index in [0.29, 0.717) is 0 Å². The van der Waals surface area contributed by atoms with Crippen LogP contribution in [0.5, 0.6) is 0 Å². The molecule has 2 unspecified atom stereocenters. The Morgan fingerprint density at radius 3 is 2.17 bits per heavy atom. The molecule has 0 bridgehead atoms. The van der Waals surface area contributed by atoms with Crippen molar-refractivity contribution in [2.75, 3.05) is 0 Å². The molecule has 0 amide bonds. The normalized spacial score (nSPS) is 32.4. The molecule has 1 aliphatic rings. The van der Waals surface area contributed by atoms with Crippen molar-refractivity contribution < 1.29 is 0 Å². The van der Waals surface area contributed by atoms with Crippen LogP contribution in [0.1, 0.15) is 57.6 Å². The molecular weight excluding hydrogens is 218 g/mol. The Hall–Kier alpha value is -0.820. The van der Waals surface area contributed by atoms with Crippen molar-refractivity contribution in [3.8, 4) is 0 Å². The van der Waals surface area contributed by atoms with Crippen molar-refractivity contribution in [2.45, 2.75) is 58.4 Å². The van der Waals surface area contributed by atoms with E-state index in [1.807, 2.05) is 0 Å². The van der Waals surface area contributed by atoms with Gasteiger partial charge in [0.15, 0.2) is 0 Å². The van der Waals surface area contributed by atoms with E-state index < -0.39 is 0 Å². The minimum absolute atomic E-state index is 0.0954. The molecule has 1 heteroatoms. The number of hydrogen-bond acceptors (Lipinski definition) is 1. The van der Waals surface area contributed by atoms with Crippen LogP contribution < -0.4 is 5.73 Å². The zero-order valence-electron chi connectivity index (χ0n) is 12.1. The molecule has 0 radical (unpaired) electrons. The summed E-state index contributed by atoms with van der Waals surface area (Å²) >= 11 is 0. The Balaban J connectivity index is 2.18. The highest BCUT2D eigenvalue weighted by Crippen LogP contribution is 2.40. The minimum atomic E-state index is -0.0954. The molecule has 2 rings (SSSR count). The lowest BCUT2D eigenvalue weighted by Gasteiger charge is -2.40. The molecule has 1 aromatic carbocycles. The Morgan fingerprint density at radius 2 is 1.67 bits per heavy atom. The van der Waals surface area contributed by atoms with E-state index in [0.717, 1.165) is 24.7 Å². The monoisotopic (exact) mass is 245 g/mol. The molecule has 0 saturated heterocycles. The largest absolute Gasteiger partial charge is 0.321 e. The number of aryl methyl sites for hydroxylation is 1. The first-order valence-electron chi connectivity index (χ1n) is 7.42. The van der Waals surface area contributed by atoms with E-state index in [1.165, 1.54) is 30.4 Å². The third-order valence-corrected chi connectivity index (χ3v) is 4.30. The molecule has 18 heavy (non-hydrogen) atoms. The highest BCUT2D eigenvalue weighted by atomic mass is 14.8. The van der Waals surface area contributed by atoms with E-state index >= 15 is 0 Å². The third-order valence-electron chi connectivity index (χ3n) is 4.30. The van der Waals surface area contributed by atoms with Gasteiger partial charge in [-0.3, -0.25) is 0 Å². The molecule has 0 spiro atoms. The molecular formula is C17H27N. The first-order chi connectivity index (χ1) is 8.53. The van der Waals surface area contributed by atoms with Crippen LogP contribution in [0.4, 0.5) is 0 Å². The minimum Gasteiger partial charge on any atom is -0.321 e. The maximum Gasteiger partial charge on any atom is 0.0414 e. The number of hydrogen-bond donors (Lipinski definition) is 1. The Bertz CT molecular complexity index is 369. The SMILES string of the molecule is CCCc1ccc(C2(N)CC(C)CC(C)C2)cc1. The smallest absolute Gasteiger partial charge is 0.0414 e. The Morgan fingerprint density at radius 1 is 1.11 bits per heavy atom. The van der Waals surface area contributed by atoms with Gasteiger partial charge in [0.2, 0.25) is 0 Å². The first-order valence-corrected chi connectivity index (χ1v) is 7.42. The Labute approximate surface area is 112 Å². The van der Waals surface area contributed by atoms with Gasteiger partial charge in [0.05, 0.1) is 0 Å². The van der Waals surface area contributed by atoms with E-state index in [2.05, 4.69) is 45.0 Å². The molecule has 1 saturated carbocycles. The maximum atomic E-state index is 6.69. The van der Waals surface area contributed by atoms with Crippen LogP contribution in [0.15, 0.2) is 24.3 Å². The molecule has 0 aromatic heterocycles. The van der Waals surface area contributed by atoms with E-state index in [4.69, 9.17) is 5.73 Å². The molecule has 0 aliphatic heterocycles. The maximum absolute atomic E-state index is 6.69. The van der Waals surface area contributed by atoms with E-state index in [9.17, 15) is 0 Å². The van der Waals surface area contributed by atoms with Gasteiger partial charge in [-0.2, -0.15) is 0 Å². The number of rotatable bonds is 3. The lowest BCUT2D eigenvalue weighted by Crippen LogP contribution is -2.43. The quantitative estimate of drug-likeness (QED) is 0.846. The summed E-state index contributed by atoms with van der Waals surface area (Å²) in [4.78, 5) is 0. The lowest BCUT2D eigenvalue weighted by atomic mass is 9.69. The summed E-state index contributed by atoms with van der Waals surface area (Å²) in [6.45, 7) is 6.90. The average Bonchev–Trinajstić information content (AvgIpc) is 2.28. The van der Waals surface area contributed by atoms with Crippen LogP contribution in [0, 0.1) is 11.8 Å². The van der Waals surface area contributed by atoms with Crippen molar-refractivity contribution >= 4 is 0 Å². The fourth-order valence-corrected chi connectivity index (χ4v) is 3.71. The Kier molecular flexibility index (Phi) is 4.11. The summed E-state index contributed by atoms with van der Waals surface area (Å²) in [6.07, 6.45) is 5.97. The topological polar surface area (TPSA) is 26.0 Å². The van der Waals surface area contributed by atoms with Crippen molar-refractivity contribution in [3.05, 3.63) is 35.4 Å². The summed E-state index contributed by atoms with van der Waals surface area (Å²) in [5.41, 5.74) is 9.36. The summed E-state index contributed by atoms with van der Waals surface area (Å²) in [6, 6.07) is 9.04. The van der Waals surface area contributed by atoms with Crippen LogP contribution in [0.2, 0.25) is 0 Å². The molecule has 1 aromatic rings. The molecule has 100 valence electrons. The number of nitrogens with two attached hydrogens (primary N) is 1. The summed E-state index contributed by atoms with van der Waals surface area (Å²) in [5, 5.41) is 0. The zero-order valence-corrected chi connectivity index (χ0v) is 12.1. The zero-order chi connectivity index (χ0) is 13.2. The fourth-order valence-electron chi connectivity index (χ4n) is 3.71. The third kappa shape index (κ3) is 2.95. The van der Waals surface area contributed by atoms with Gasteiger partial charge in [-0.05, 0) is 48.6 Å². The van der Waals surface area contributed by atoms with Gasteiger partial charge in [-0.15, -0.1) is 0 Å². The second kappa shape index (κ2) is 5.44. The first kappa shape index (κ1) is 13.6. The van der Waals surface area contributed by atoms with Gasteiger partial charge in [-0.25, -0.2) is 0 Å². The molecule has 0 heterocycles. The van der Waals surface area contributed by atoms with Gasteiger partial charge in [-0.1, -0.05) is 51.5 Å². The van der Waals surface area contributed by atoms with Crippen molar-refractivity contribution in [1.82, 2.24) is 0 Å². The lowest BCUT2D eigenvalue weighted by molar-refractivity contribution is 0.183. The standard InChI is InChI=1S/C17H27N/c1-4-5-15-6-8-16(9-7-15)17(18)11-13(2)10-14(3)12-17/h6-9,13-14H,4-5,10-12,18H2,1-3H3. The van der Waals surface area contributed by atoms with Gasteiger partial charge in [0, 0.05) is 5.54 Å². The second-order valence-electron chi connectivity index (χ2n) is 6.46. The van der Waals surface area contributed by atoms with Gasteiger partial charge in [0.25, 0.3) is 0 Å². The summed E-state index contributed by atoms with van der Waals surface area (Å²) in [7, 11) is 0. The molecule has 1 nitrogen and oxygen atoms in total. The van der Waals surface area contributed by atoms with Crippen LogP contribution >= 0.6 is 0 Å².